The predicted octanol–water partition coefficient (Wildman–Crippen LogP) is 1.56. The fourth-order valence-electron chi connectivity index (χ4n) is 7.15. The normalized spacial score (nSPS) is 29.7. The monoisotopic (exact) mass is 687 g/mol. The van der Waals surface area contributed by atoms with Crippen molar-refractivity contribution in [1.82, 2.24) is 15.5 Å². The standard InChI is InChI=1S/C37H54FN3O8/c1-23-9-14-27(37-32(45)30(43)31(44)36(49-37,22-48-37)35(4,5)47)20-26(23)19-25-12-10-24(11-13-25)7-6-8-29(42)40-34(2,3)33(46)39-16-18-41-17-15-28(38)21-41/h9-14,20,28,30-33,39,43-47H,6-8,15-19,21-22H2,1-5H3,(H,40,42)/t28-,30+,31+,32-,33?,36+,37+/m1/s1. The Morgan fingerprint density at radius 2 is 1.78 bits per heavy atom. The van der Waals surface area contributed by atoms with Crippen molar-refractivity contribution in [2.75, 3.05) is 32.8 Å². The van der Waals surface area contributed by atoms with Crippen molar-refractivity contribution in [2.45, 2.75) is 120 Å². The predicted molar refractivity (Wildman–Crippen MR) is 181 cm³/mol. The minimum Gasteiger partial charge on any atom is -0.387 e. The third kappa shape index (κ3) is 7.88. The minimum absolute atomic E-state index is 0.141. The lowest BCUT2D eigenvalue weighted by Gasteiger charge is -2.50. The van der Waals surface area contributed by atoms with Crippen LogP contribution in [0.25, 0.3) is 0 Å². The topological polar surface area (TPSA) is 164 Å². The van der Waals surface area contributed by atoms with Crippen molar-refractivity contribution in [3.8, 4) is 0 Å². The maximum absolute atomic E-state index is 13.4. The lowest BCUT2D eigenvalue weighted by molar-refractivity contribution is -0.348. The zero-order valence-electron chi connectivity index (χ0n) is 29.3. The van der Waals surface area contributed by atoms with Crippen LogP contribution in [0.5, 0.6) is 0 Å². The number of carbonyl (C=O) groups is 1. The van der Waals surface area contributed by atoms with Gasteiger partial charge < -0.3 is 40.3 Å². The van der Waals surface area contributed by atoms with Crippen molar-refractivity contribution >= 4 is 5.91 Å². The number of nitrogens with zero attached hydrogens (tertiary/aromatic N) is 1. The van der Waals surface area contributed by atoms with Gasteiger partial charge in [-0.05, 0) is 88.6 Å². The van der Waals surface area contributed by atoms with Gasteiger partial charge in [0, 0.05) is 38.2 Å². The molecule has 0 radical (unpaired) electrons. The Kier molecular flexibility index (Phi) is 11.2. The summed E-state index contributed by atoms with van der Waals surface area (Å²) < 4.78 is 25.6. The van der Waals surface area contributed by atoms with Gasteiger partial charge in [-0.3, -0.25) is 15.0 Å². The molecular weight excluding hydrogens is 633 g/mol. The average Bonchev–Trinajstić information content (AvgIpc) is 3.64. The number of fused-ring (bicyclic) bond motifs is 2. The van der Waals surface area contributed by atoms with E-state index in [0.717, 1.165) is 28.8 Å². The van der Waals surface area contributed by atoms with Gasteiger partial charge in [-0.1, -0.05) is 36.4 Å². The number of aliphatic hydroxyl groups is 5. The van der Waals surface area contributed by atoms with E-state index in [2.05, 4.69) is 10.6 Å². The molecule has 0 spiro atoms. The van der Waals surface area contributed by atoms with Crippen molar-refractivity contribution in [3.63, 3.8) is 0 Å². The molecule has 12 heteroatoms. The number of carbonyl (C=O) groups excluding carboxylic acids is 1. The van der Waals surface area contributed by atoms with E-state index >= 15 is 0 Å². The first-order valence-corrected chi connectivity index (χ1v) is 17.3. The number of likely N-dealkylation sites (tertiary alicyclic amines) is 1. The lowest BCUT2D eigenvalue weighted by atomic mass is 9.75. The molecule has 3 heterocycles. The van der Waals surface area contributed by atoms with Crippen molar-refractivity contribution in [2.24, 2.45) is 0 Å². The summed E-state index contributed by atoms with van der Waals surface area (Å²) in [4.78, 5) is 14.7. The van der Waals surface area contributed by atoms with Crippen LogP contribution in [-0.4, -0.2) is 117 Å². The number of hydrogen-bond acceptors (Lipinski definition) is 10. The van der Waals surface area contributed by atoms with Crippen LogP contribution in [-0.2, 0) is 32.9 Å². The van der Waals surface area contributed by atoms with Gasteiger partial charge in [-0.25, -0.2) is 4.39 Å². The van der Waals surface area contributed by atoms with Crippen LogP contribution in [0.15, 0.2) is 42.5 Å². The Bertz CT molecular complexity index is 1450. The molecule has 3 saturated heterocycles. The summed E-state index contributed by atoms with van der Waals surface area (Å²) >= 11 is 0. The van der Waals surface area contributed by atoms with Gasteiger partial charge >= 0.3 is 0 Å². The van der Waals surface area contributed by atoms with Gasteiger partial charge in [-0.2, -0.15) is 0 Å². The molecule has 272 valence electrons. The second kappa shape index (κ2) is 14.6. The van der Waals surface area contributed by atoms with Gasteiger partial charge in [0.2, 0.25) is 11.7 Å². The second-order valence-corrected chi connectivity index (χ2v) is 15.2. The summed E-state index contributed by atoms with van der Waals surface area (Å²) in [5, 5.41) is 60.1. The molecule has 2 aromatic rings. The Labute approximate surface area is 288 Å². The van der Waals surface area contributed by atoms with Crippen LogP contribution >= 0.6 is 0 Å². The van der Waals surface area contributed by atoms with Gasteiger partial charge in [0.25, 0.3) is 0 Å². The van der Waals surface area contributed by atoms with E-state index in [1.807, 2.05) is 48.2 Å². The number of benzene rings is 2. The highest BCUT2D eigenvalue weighted by Crippen LogP contribution is 2.53. The van der Waals surface area contributed by atoms with Gasteiger partial charge in [-0.15, -0.1) is 0 Å². The van der Waals surface area contributed by atoms with E-state index in [9.17, 15) is 34.7 Å². The first-order chi connectivity index (χ1) is 23.0. The van der Waals surface area contributed by atoms with Crippen LogP contribution in [0.4, 0.5) is 4.39 Å². The van der Waals surface area contributed by atoms with Crippen molar-refractivity contribution < 1.29 is 44.2 Å². The number of ether oxygens (including phenoxy) is 2. The van der Waals surface area contributed by atoms with E-state index in [0.29, 0.717) is 57.3 Å². The molecule has 0 aliphatic carbocycles. The van der Waals surface area contributed by atoms with Gasteiger partial charge in [0.05, 0.1) is 17.7 Å². The molecule has 7 atom stereocenters. The summed E-state index contributed by atoms with van der Waals surface area (Å²) in [6, 6.07) is 13.7. The third-order valence-corrected chi connectivity index (χ3v) is 10.5. The van der Waals surface area contributed by atoms with Crippen LogP contribution < -0.4 is 10.6 Å². The zero-order valence-corrected chi connectivity index (χ0v) is 29.3. The molecule has 5 rings (SSSR count). The number of hydrogen-bond donors (Lipinski definition) is 7. The highest BCUT2D eigenvalue weighted by molar-refractivity contribution is 5.76. The number of alkyl halides is 1. The molecule has 49 heavy (non-hydrogen) atoms. The van der Waals surface area contributed by atoms with Crippen LogP contribution in [0.1, 0.15) is 74.8 Å². The average molecular weight is 688 g/mol. The molecule has 11 nitrogen and oxygen atoms in total. The summed E-state index contributed by atoms with van der Waals surface area (Å²) in [7, 11) is 0. The summed E-state index contributed by atoms with van der Waals surface area (Å²) in [5.74, 6) is -1.90. The quantitative estimate of drug-likeness (QED) is 0.145. The summed E-state index contributed by atoms with van der Waals surface area (Å²) in [5.41, 5.74) is 0.533. The molecular formula is C37H54FN3O8. The van der Waals surface area contributed by atoms with E-state index in [1.165, 1.54) is 13.8 Å². The fourth-order valence-corrected chi connectivity index (χ4v) is 7.15. The second-order valence-electron chi connectivity index (χ2n) is 15.2. The van der Waals surface area contributed by atoms with Crippen molar-refractivity contribution in [3.05, 3.63) is 70.3 Å². The zero-order chi connectivity index (χ0) is 35.8. The van der Waals surface area contributed by atoms with E-state index < -0.39 is 53.2 Å². The highest BCUT2D eigenvalue weighted by Gasteiger charge is 2.71. The molecule has 7 N–H and O–H groups in total. The smallest absolute Gasteiger partial charge is 0.225 e. The molecule has 2 bridgehead atoms. The number of halogens is 1. The van der Waals surface area contributed by atoms with E-state index in [-0.39, 0.29) is 12.5 Å². The summed E-state index contributed by atoms with van der Waals surface area (Å²) in [6.45, 7) is 10.6. The molecule has 1 unspecified atom stereocenters. The van der Waals surface area contributed by atoms with Crippen LogP contribution in [0.2, 0.25) is 0 Å². The molecule has 2 aromatic carbocycles. The maximum Gasteiger partial charge on any atom is 0.225 e. The number of rotatable bonds is 14. The largest absolute Gasteiger partial charge is 0.387 e. The highest BCUT2D eigenvalue weighted by atomic mass is 19.1. The van der Waals surface area contributed by atoms with Crippen molar-refractivity contribution in [1.29, 1.82) is 0 Å². The molecule has 1 amide bonds. The number of amides is 1. The molecule has 0 saturated carbocycles. The SMILES string of the molecule is Cc1ccc([C@]23OC[C@](C(C)(C)O)(O2)[C@@H](O)[C@H](O)[C@H]3O)cc1Cc1ccc(CCCC(=O)NC(C)(C)C(O)NCCN2CC[C@@H](F)C2)cc1. The first kappa shape index (κ1) is 37.7. The summed E-state index contributed by atoms with van der Waals surface area (Å²) in [6.07, 6.45) is -3.65. The Hall–Kier alpha value is -2.52. The van der Waals surface area contributed by atoms with Gasteiger partial charge in [0.1, 0.15) is 30.7 Å². The van der Waals surface area contributed by atoms with E-state index in [4.69, 9.17) is 9.47 Å². The molecule has 3 aliphatic heterocycles. The number of aliphatic hydroxyl groups excluding tert-OH is 4. The fraction of sp³-hybridized carbons (Fsp3) is 0.649. The molecule has 0 aromatic heterocycles. The van der Waals surface area contributed by atoms with Gasteiger partial charge in [0.15, 0.2) is 5.60 Å². The number of aryl methyl sites for hydroxylation is 2. The molecule has 3 aliphatic rings. The maximum atomic E-state index is 13.4. The minimum atomic E-state index is -1.75. The van der Waals surface area contributed by atoms with Crippen LogP contribution in [0.3, 0.4) is 0 Å². The molecule has 3 fully saturated rings. The van der Waals surface area contributed by atoms with E-state index in [1.54, 1.807) is 19.9 Å². The Morgan fingerprint density at radius 1 is 1.08 bits per heavy atom. The lowest BCUT2D eigenvalue weighted by Crippen LogP contribution is -2.70. The Balaban J connectivity index is 1.13. The third-order valence-electron chi connectivity index (χ3n) is 10.5. The van der Waals surface area contributed by atoms with Crippen LogP contribution in [0, 0.1) is 6.92 Å². The number of nitrogens with one attached hydrogen (secondary N) is 2. The first-order valence-electron chi connectivity index (χ1n) is 17.3. The Morgan fingerprint density at radius 3 is 2.43 bits per heavy atom.